The lowest BCUT2D eigenvalue weighted by Gasteiger charge is -2.05. The molecule has 1 heterocycles. The zero-order valence-corrected chi connectivity index (χ0v) is 17.0. The average molecular weight is 489 g/mol. The summed E-state index contributed by atoms with van der Waals surface area (Å²) in [6.45, 7) is 0. The zero-order chi connectivity index (χ0) is 18.8. The third kappa shape index (κ3) is 4.31. The fourth-order valence-electron chi connectivity index (χ4n) is 2.74. The molecule has 27 heavy (non-hydrogen) atoms. The number of hydrogen-bond acceptors (Lipinski definition) is 3. The summed E-state index contributed by atoms with van der Waals surface area (Å²) in [5, 5.41) is 3.55. The van der Waals surface area contributed by atoms with E-state index >= 15 is 0 Å². The van der Waals surface area contributed by atoms with Gasteiger partial charge in [0.25, 0.3) is 0 Å². The third-order valence-corrected chi connectivity index (χ3v) is 4.94. The second-order valence-electron chi connectivity index (χ2n) is 6.06. The van der Waals surface area contributed by atoms with Gasteiger partial charge in [0, 0.05) is 19.8 Å². The van der Waals surface area contributed by atoms with Crippen LogP contribution in [0.25, 0.3) is 22.6 Å². The number of fused-ring (bicyclic) bond motifs is 1. The largest absolute Gasteiger partial charge is 0.436 e. The molecule has 1 aromatic heterocycles. The highest BCUT2D eigenvalue weighted by Gasteiger charge is 2.10. The van der Waals surface area contributed by atoms with Gasteiger partial charge >= 0.3 is 0 Å². The molecule has 4 aromatic rings. The highest BCUT2D eigenvalue weighted by atomic mass is 127. The van der Waals surface area contributed by atoms with Gasteiger partial charge in [-0.15, -0.1) is 0 Å². The lowest BCUT2D eigenvalue weighted by Crippen LogP contribution is -2.14. The summed E-state index contributed by atoms with van der Waals surface area (Å²) >= 11 is 8.13. The standard InChI is InChI=1S/C21H14ClIN2O2/c22-15-6-4-13(5-7-15)10-20(26)24-17-8-9-19-18(12-17)25-21(27-19)14-2-1-3-16(23)11-14/h1-9,11-12H,10H2,(H,24,26). The Kier molecular flexibility index (Phi) is 5.13. The molecule has 0 aliphatic rings. The maximum atomic E-state index is 12.3. The van der Waals surface area contributed by atoms with Crippen molar-refractivity contribution in [3.05, 3.63) is 80.9 Å². The van der Waals surface area contributed by atoms with Gasteiger partial charge in [-0.3, -0.25) is 4.79 Å². The Balaban J connectivity index is 1.53. The maximum Gasteiger partial charge on any atom is 0.228 e. The molecule has 0 fully saturated rings. The second-order valence-corrected chi connectivity index (χ2v) is 7.75. The smallest absolute Gasteiger partial charge is 0.228 e. The average Bonchev–Trinajstić information content (AvgIpc) is 3.07. The molecule has 0 unspecified atom stereocenters. The number of rotatable bonds is 4. The second kappa shape index (κ2) is 7.70. The number of halogens is 2. The van der Waals surface area contributed by atoms with E-state index in [0.29, 0.717) is 27.7 Å². The van der Waals surface area contributed by atoms with Crippen molar-refractivity contribution >= 4 is 56.9 Å². The summed E-state index contributed by atoms with van der Waals surface area (Å²) < 4.78 is 6.95. The van der Waals surface area contributed by atoms with Gasteiger partial charge in [0.1, 0.15) is 5.52 Å². The number of oxazole rings is 1. The predicted octanol–water partition coefficient (Wildman–Crippen LogP) is 5.93. The quantitative estimate of drug-likeness (QED) is 0.362. The van der Waals surface area contributed by atoms with Crippen molar-refractivity contribution in [3.8, 4) is 11.5 Å². The van der Waals surface area contributed by atoms with Crippen LogP contribution < -0.4 is 5.32 Å². The Bertz CT molecular complexity index is 1120. The first kappa shape index (κ1) is 18.0. The first-order valence-electron chi connectivity index (χ1n) is 8.28. The van der Waals surface area contributed by atoms with E-state index in [1.807, 2.05) is 54.6 Å². The van der Waals surface area contributed by atoms with Crippen LogP contribution in [0.5, 0.6) is 0 Å². The van der Waals surface area contributed by atoms with Crippen molar-refractivity contribution in [3.63, 3.8) is 0 Å². The van der Waals surface area contributed by atoms with Crippen LogP contribution in [0.4, 0.5) is 5.69 Å². The summed E-state index contributed by atoms with van der Waals surface area (Å²) in [5.41, 5.74) is 3.89. The normalized spacial score (nSPS) is 10.9. The molecule has 134 valence electrons. The number of benzene rings is 3. The third-order valence-electron chi connectivity index (χ3n) is 4.02. The number of carbonyl (C=O) groups is 1. The monoisotopic (exact) mass is 488 g/mol. The van der Waals surface area contributed by atoms with Gasteiger partial charge in [-0.2, -0.15) is 0 Å². The van der Waals surface area contributed by atoms with Crippen LogP contribution in [0.1, 0.15) is 5.56 Å². The minimum Gasteiger partial charge on any atom is -0.436 e. The number of carbonyl (C=O) groups excluding carboxylic acids is 1. The molecule has 1 amide bonds. The zero-order valence-electron chi connectivity index (χ0n) is 14.1. The SMILES string of the molecule is O=C(Cc1ccc(Cl)cc1)Nc1ccc2oc(-c3cccc(I)c3)nc2c1. The summed E-state index contributed by atoms with van der Waals surface area (Å²) in [7, 11) is 0. The summed E-state index contributed by atoms with van der Waals surface area (Å²) in [6.07, 6.45) is 0.279. The van der Waals surface area contributed by atoms with E-state index in [1.165, 1.54) is 0 Å². The molecule has 0 bridgehead atoms. The van der Waals surface area contributed by atoms with Crippen LogP contribution in [0.3, 0.4) is 0 Å². The summed E-state index contributed by atoms with van der Waals surface area (Å²) in [6, 6.07) is 20.6. The lowest BCUT2D eigenvalue weighted by molar-refractivity contribution is -0.115. The Labute approximate surface area is 174 Å². The molecule has 4 nitrogen and oxygen atoms in total. The van der Waals surface area contributed by atoms with Crippen LogP contribution >= 0.6 is 34.2 Å². The van der Waals surface area contributed by atoms with Gasteiger partial charge in [0.15, 0.2) is 5.58 Å². The number of hydrogen-bond donors (Lipinski definition) is 1. The van der Waals surface area contributed by atoms with Crippen LogP contribution in [0.15, 0.2) is 71.1 Å². The van der Waals surface area contributed by atoms with Crippen molar-refractivity contribution in [2.75, 3.05) is 5.32 Å². The van der Waals surface area contributed by atoms with E-state index in [0.717, 1.165) is 14.7 Å². The number of anilines is 1. The summed E-state index contributed by atoms with van der Waals surface area (Å²) in [4.78, 5) is 16.8. The van der Waals surface area contributed by atoms with Crippen molar-refractivity contribution < 1.29 is 9.21 Å². The Morgan fingerprint density at radius 3 is 2.67 bits per heavy atom. The molecule has 4 rings (SSSR count). The highest BCUT2D eigenvalue weighted by Crippen LogP contribution is 2.27. The van der Waals surface area contributed by atoms with Gasteiger partial charge < -0.3 is 9.73 Å². The van der Waals surface area contributed by atoms with Crippen molar-refractivity contribution in [2.45, 2.75) is 6.42 Å². The van der Waals surface area contributed by atoms with Crippen molar-refractivity contribution in [1.29, 1.82) is 0 Å². The van der Waals surface area contributed by atoms with Crippen LogP contribution in [0.2, 0.25) is 5.02 Å². The van der Waals surface area contributed by atoms with Gasteiger partial charge in [0.05, 0.1) is 6.42 Å². The van der Waals surface area contributed by atoms with Crippen LogP contribution in [-0.4, -0.2) is 10.9 Å². The lowest BCUT2D eigenvalue weighted by atomic mass is 10.1. The van der Waals surface area contributed by atoms with E-state index in [4.69, 9.17) is 16.0 Å². The maximum absolute atomic E-state index is 12.3. The molecule has 1 N–H and O–H groups in total. The number of nitrogens with zero attached hydrogens (tertiary/aromatic N) is 1. The topological polar surface area (TPSA) is 55.1 Å². The van der Waals surface area contributed by atoms with E-state index in [9.17, 15) is 4.79 Å². The molecular formula is C21H14ClIN2O2. The molecule has 0 aliphatic heterocycles. The highest BCUT2D eigenvalue weighted by molar-refractivity contribution is 14.1. The van der Waals surface area contributed by atoms with E-state index in [2.05, 4.69) is 32.9 Å². The molecular weight excluding hydrogens is 475 g/mol. The predicted molar refractivity (Wildman–Crippen MR) is 116 cm³/mol. The van der Waals surface area contributed by atoms with Crippen LogP contribution in [-0.2, 0) is 11.2 Å². The fraction of sp³-hybridized carbons (Fsp3) is 0.0476. The molecule has 0 spiro atoms. The number of amides is 1. The van der Waals surface area contributed by atoms with E-state index in [1.54, 1.807) is 12.1 Å². The molecule has 0 aliphatic carbocycles. The van der Waals surface area contributed by atoms with Gasteiger partial charge in [-0.1, -0.05) is 29.8 Å². The minimum absolute atomic E-state index is 0.0991. The minimum atomic E-state index is -0.0991. The molecule has 0 radical (unpaired) electrons. The molecule has 0 saturated heterocycles. The van der Waals surface area contributed by atoms with Gasteiger partial charge in [0.2, 0.25) is 11.8 Å². The van der Waals surface area contributed by atoms with E-state index in [-0.39, 0.29) is 12.3 Å². The first-order valence-corrected chi connectivity index (χ1v) is 9.73. The molecule has 0 saturated carbocycles. The van der Waals surface area contributed by atoms with E-state index < -0.39 is 0 Å². The van der Waals surface area contributed by atoms with Crippen molar-refractivity contribution in [2.24, 2.45) is 0 Å². The molecule has 3 aromatic carbocycles. The van der Waals surface area contributed by atoms with Gasteiger partial charge in [-0.25, -0.2) is 4.98 Å². The number of nitrogens with one attached hydrogen (secondary N) is 1. The van der Waals surface area contributed by atoms with Gasteiger partial charge in [-0.05, 0) is 76.7 Å². The Hall–Kier alpha value is -2.38. The molecule has 0 atom stereocenters. The fourth-order valence-corrected chi connectivity index (χ4v) is 3.41. The Morgan fingerprint density at radius 2 is 1.89 bits per heavy atom. The van der Waals surface area contributed by atoms with Crippen molar-refractivity contribution in [1.82, 2.24) is 4.98 Å². The Morgan fingerprint density at radius 1 is 1.07 bits per heavy atom. The summed E-state index contributed by atoms with van der Waals surface area (Å²) in [5.74, 6) is 0.464. The molecule has 6 heteroatoms. The van der Waals surface area contributed by atoms with Crippen LogP contribution in [0, 0.1) is 3.57 Å². The first-order chi connectivity index (χ1) is 13.1. The number of aromatic nitrogens is 1.